The van der Waals surface area contributed by atoms with Crippen LogP contribution in [-0.4, -0.2) is 91.1 Å². The molecule has 0 aliphatic carbocycles. The number of aromatic hydroxyl groups is 3. The summed E-state index contributed by atoms with van der Waals surface area (Å²) in [5.41, 5.74) is 6.48. The van der Waals surface area contributed by atoms with Crippen molar-refractivity contribution in [3.63, 3.8) is 0 Å². The fourth-order valence-corrected chi connectivity index (χ4v) is 9.45. The van der Waals surface area contributed by atoms with Crippen molar-refractivity contribution in [1.29, 1.82) is 0 Å². The molecule has 4 heterocycles. The number of carbonyl (C=O) groups excluding carboxylic acids is 1. The van der Waals surface area contributed by atoms with E-state index in [1.165, 1.54) is 0 Å². The van der Waals surface area contributed by atoms with Gasteiger partial charge in [0.15, 0.2) is 23.0 Å². The normalized spacial score (nSPS) is 24.3. The number of benzene rings is 3. The van der Waals surface area contributed by atoms with E-state index in [0.29, 0.717) is 48.7 Å². The molecule has 0 aromatic heterocycles. The molecule has 1 unspecified atom stereocenters. The molecule has 0 radical (unpaired) electrons. The van der Waals surface area contributed by atoms with Gasteiger partial charge in [-0.25, -0.2) is 4.79 Å². The molecular weight excluding hydrogens is 634 g/mol. The van der Waals surface area contributed by atoms with E-state index in [1.807, 2.05) is 34.2 Å². The molecule has 12 heteroatoms. The Morgan fingerprint density at radius 1 is 1.04 bits per heavy atom. The van der Waals surface area contributed by atoms with Crippen LogP contribution >= 0.6 is 11.8 Å². The Morgan fingerprint density at radius 2 is 1.81 bits per heavy atom. The summed E-state index contributed by atoms with van der Waals surface area (Å²) in [5, 5.41) is 36.8. The number of rotatable bonds is 6. The third kappa shape index (κ3) is 5.03. The highest BCUT2D eigenvalue weighted by molar-refractivity contribution is 7.98. The summed E-state index contributed by atoms with van der Waals surface area (Å²) in [4.78, 5) is 18.4. The lowest BCUT2D eigenvalue weighted by Crippen LogP contribution is -2.52. The van der Waals surface area contributed by atoms with E-state index in [9.17, 15) is 20.1 Å². The Hall–Kier alpha value is -3.84. The number of ether oxygens (including phenoxy) is 4. The average Bonchev–Trinajstić information content (AvgIpc) is 3.49. The smallest absolute Gasteiger partial charge is 0.327 e. The molecule has 3 aromatic carbocycles. The first kappa shape index (κ1) is 32.7. The zero-order chi connectivity index (χ0) is 34.0. The highest BCUT2D eigenvalue weighted by Gasteiger charge is 2.52. The molecule has 4 aliphatic heterocycles. The second-order valence-corrected chi connectivity index (χ2v) is 14.2. The lowest BCUT2D eigenvalue weighted by atomic mass is 9.80. The Kier molecular flexibility index (Phi) is 8.55. The molecule has 256 valence electrons. The fraction of sp³-hybridized carbons (Fsp3) is 0.472. The molecule has 0 amide bonds. The number of methoxy groups -OCH3 is 1. The van der Waals surface area contributed by atoms with Crippen LogP contribution in [0.3, 0.4) is 0 Å². The molecular formula is C36H43N3O8S. The maximum atomic E-state index is 13.9. The minimum atomic E-state index is -0.681. The van der Waals surface area contributed by atoms with Gasteiger partial charge in [0.2, 0.25) is 6.79 Å². The maximum Gasteiger partial charge on any atom is 0.327 e. The number of phenols is 3. The van der Waals surface area contributed by atoms with Crippen LogP contribution < -0.4 is 19.5 Å². The van der Waals surface area contributed by atoms with E-state index in [2.05, 4.69) is 21.2 Å². The van der Waals surface area contributed by atoms with Crippen LogP contribution in [0.2, 0.25) is 0 Å². The number of esters is 1. The molecule has 11 nitrogen and oxygen atoms in total. The third-order valence-electron chi connectivity index (χ3n) is 10.4. The van der Waals surface area contributed by atoms with Crippen molar-refractivity contribution in [2.75, 3.05) is 54.0 Å². The minimum absolute atomic E-state index is 0.00183. The molecule has 0 bridgehead atoms. The number of fused-ring (bicyclic) bond motifs is 6. The predicted octanol–water partition coefficient (Wildman–Crippen LogP) is 4.58. The molecule has 7 rings (SSSR count). The van der Waals surface area contributed by atoms with Gasteiger partial charge >= 0.3 is 5.97 Å². The van der Waals surface area contributed by atoms with Gasteiger partial charge in [-0.2, -0.15) is 11.8 Å². The second kappa shape index (κ2) is 12.6. The molecule has 0 saturated heterocycles. The van der Waals surface area contributed by atoms with Crippen molar-refractivity contribution < 1.29 is 39.1 Å². The van der Waals surface area contributed by atoms with E-state index in [-0.39, 0.29) is 48.0 Å². The van der Waals surface area contributed by atoms with Crippen molar-refractivity contribution in [2.24, 2.45) is 0 Å². The molecule has 3 aromatic rings. The van der Waals surface area contributed by atoms with Crippen LogP contribution in [0, 0.1) is 13.8 Å². The third-order valence-corrected chi connectivity index (χ3v) is 11.5. The number of hydrogen-bond acceptors (Lipinski definition) is 12. The second-order valence-electron chi connectivity index (χ2n) is 13.2. The zero-order valence-electron chi connectivity index (χ0n) is 28.1. The lowest BCUT2D eigenvalue weighted by Gasteiger charge is -2.50. The summed E-state index contributed by atoms with van der Waals surface area (Å²) in [6, 6.07) is 5.41. The number of aryl methyl sites for hydroxylation is 1. The van der Waals surface area contributed by atoms with Crippen molar-refractivity contribution in [1.82, 2.24) is 15.1 Å². The highest BCUT2D eigenvalue weighted by atomic mass is 32.2. The van der Waals surface area contributed by atoms with Crippen molar-refractivity contribution in [3.8, 4) is 34.5 Å². The van der Waals surface area contributed by atoms with Crippen LogP contribution in [0.4, 0.5) is 0 Å². The summed E-state index contributed by atoms with van der Waals surface area (Å²) >= 11 is 1.63. The van der Waals surface area contributed by atoms with E-state index < -0.39 is 18.1 Å². The van der Waals surface area contributed by atoms with E-state index >= 15 is 0 Å². The summed E-state index contributed by atoms with van der Waals surface area (Å²) < 4.78 is 23.9. The van der Waals surface area contributed by atoms with Gasteiger partial charge in [0.1, 0.15) is 24.1 Å². The summed E-state index contributed by atoms with van der Waals surface area (Å²) in [6.07, 6.45) is 3.36. The van der Waals surface area contributed by atoms with Gasteiger partial charge in [0.05, 0.1) is 24.4 Å². The standard InChI is InChI=1S/C36H43N3O8S/c1-17-13-20-10-12-39-23(15-45-36(43)27-22-8-7-21(40)14-19(22)9-11-37-27)25-26(30(41)18(2)33-34(25)47-16-46-33)35(48-6)29(39)28(38(3)4)24(20)31(42)32(17)44-5/h7-8,13-14,23,27-29,35,37,40-42H,9-12,15-16H2,1-6H3/t23-,27+,28+,29?,35+/m0/s1. The number of likely N-dealkylation sites (N-methyl/N-ethyl adjacent to an activating group) is 1. The van der Waals surface area contributed by atoms with Crippen molar-refractivity contribution in [3.05, 3.63) is 68.8 Å². The van der Waals surface area contributed by atoms with Gasteiger partial charge < -0.3 is 44.5 Å². The number of hydrogen-bond donors (Lipinski definition) is 4. The summed E-state index contributed by atoms with van der Waals surface area (Å²) in [6.45, 7) is 4.97. The quantitative estimate of drug-likeness (QED) is 0.273. The number of nitrogens with one attached hydrogen (secondary N) is 1. The molecule has 4 aliphatic rings. The number of nitrogens with zero attached hydrogens (tertiary/aromatic N) is 2. The first-order valence-electron chi connectivity index (χ1n) is 16.3. The van der Waals surface area contributed by atoms with Crippen molar-refractivity contribution in [2.45, 2.75) is 56.1 Å². The SMILES string of the molecule is COc1c(C)cc2c(c1O)[C@@H](N(C)C)C1[C@H](SC)c3c(O)c(C)c4c(c3[C@H](COC(=O)[C@@H]3NCCc5cc(O)ccc53)N1CC2)OCO4. The first-order chi connectivity index (χ1) is 23.1. The van der Waals surface area contributed by atoms with Crippen LogP contribution in [-0.2, 0) is 22.4 Å². The van der Waals surface area contributed by atoms with Gasteiger partial charge in [-0.3, -0.25) is 4.90 Å². The van der Waals surface area contributed by atoms with Crippen molar-refractivity contribution >= 4 is 17.7 Å². The van der Waals surface area contributed by atoms with Crippen LogP contribution in [0.15, 0.2) is 24.3 Å². The van der Waals surface area contributed by atoms with Crippen LogP contribution in [0.1, 0.15) is 67.9 Å². The monoisotopic (exact) mass is 677 g/mol. The van der Waals surface area contributed by atoms with Crippen LogP contribution in [0.25, 0.3) is 0 Å². The maximum absolute atomic E-state index is 13.9. The van der Waals surface area contributed by atoms with E-state index in [1.54, 1.807) is 37.1 Å². The first-order valence-corrected chi connectivity index (χ1v) is 17.6. The lowest BCUT2D eigenvalue weighted by molar-refractivity contribution is -0.149. The number of phenolic OH excluding ortho intramolecular Hbond substituents is 3. The predicted molar refractivity (Wildman–Crippen MR) is 181 cm³/mol. The molecule has 48 heavy (non-hydrogen) atoms. The van der Waals surface area contributed by atoms with E-state index in [4.69, 9.17) is 18.9 Å². The Bertz CT molecular complexity index is 1780. The number of carbonyl (C=O) groups is 1. The zero-order valence-corrected chi connectivity index (χ0v) is 28.9. The minimum Gasteiger partial charge on any atom is -0.508 e. The Balaban J connectivity index is 1.36. The molecule has 5 atom stereocenters. The molecule has 0 saturated carbocycles. The molecule has 4 N–H and O–H groups in total. The summed E-state index contributed by atoms with van der Waals surface area (Å²) in [7, 11) is 5.57. The highest BCUT2D eigenvalue weighted by Crippen LogP contribution is 2.60. The van der Waals surface area contributed by atoms with Crippen LogP contribution in [0.5, 0.6) is 34.5 Å². The average molecular weight is 678 g/mol. The largest absolute Gasteiger partial charge is 0.508 e. The van der Waals surface area contributed by atoms with Gasteiger partial charge in [-0.1, -0.05) is 12.1 Å². The van der Waals surface area contributed by atoms with Gasteiger partial charge in [-0.05, 0) is 81.4 Å². The fourth-order valence-electron chi connectivity index (χ4n) is 8.39. The Labute approximate surface area is 284 Å². The molecule has 0 fully saturated rings. The topological polar surface area (TPSA) is 133 Å². The molecule has 0 spiro atoms. The van der Waals surface area contributed by atoms with E-state index in [0.717, 1.165) is 38.9 Å². The number of thioether (sulfide) groups is 1. The van der Waals surface area contributed by atoms with Gasteiger partial charge in [0.25, 0.3) is 0 Å². The van der Waals surface area contributed by atoms with Gasteiger partial charge in [0, 0.05) is 41.4 Å². The summed E-state index contributed by atoms with van der Waals surface area (Å²) in [5.74, 6) is 1.53. The van der Waals surface area contributed by atoms with Gasteiger partial charge in [-0.15, -0.1) is 0 Å². The Morgan fingerprint density at radius 3 is 2.54 bits per heavy atom.